The van der Waals surface area contributed by atoms with Crippen LogP contribution >= 0.6 is 11.3 Å². The molecule has 5 nitrogen and oxygen atoms in total. The van der Waals surface area contributed by atoms with Crippen molar-refractivity contribution < 1.29 is 14.6 Å². The van der Waals surface area contributed by atoms with Crippen molar-refractivity contribution in [2.75, 3.05) is 7.11 Å². The second-order valence-corrected chi connectivity index (χ2v) is 6.74. The Bertz CT molecular complexity index is 858. The lowest BCUT2D eigenvalue weighted by molar-refractivity contribution is -0.121. The molecule has 0 saturated carbocycles. The van der Waals surface area contributed by atoms with Crippen molar-refractivity contribution in [1.82, 2.24) is 10.3 Å². The molecule has 134 valence electrons. The molecule has 0 saturated heterocycles. The van der Waals surface area contributed by atoms with Gasteiger partial charge in [0, 0.05) is 17.4 Å². The van der Waals surface area contributed by atoms with E-state index < -0.39 is 0 Å². The number of nitrogens with one attached hydrogen (secondary N) is 1. The van der Waals surface area contributed by atoms with Crippen molar-refractivity contribution in [1.29, 1.82) is 0 Å². The number of aryl methyl sites for hydroxylation is 1. The maximum Gasteiger partial charge on any atom is 0.220 e. The smallest absolute Gasteiger partial charge is 0.220 e. The molecule has 0 aliphatic heterocycles. The molecule has 0 spiro atoms. The molecule has 0 unspecified atom stereocenters. The van der Waals surface area contributed by atoms with Gasteiger partial charge in [-0.15, -0.1) is 11.3 Å². The van der Waals surface area contributed by atoms with Crippen LogP contribution in [0.1, 0.15) is 17.0 Å². The number of aromatic nitrogens is 1. The molecule has 2 aromatic carbocycles. The Hall–Kier alpha value is -2.86. The predicted molar refractivity (Wildman–Crippen MR) is 102 cm³/mol. The first-order valence-corrected chi connectivity index (χ1v) is 9.15. The summed E-state index contributed by atoms with van der Waals surface area (Å²) in [4.78, 5) is 16.6. The van der Waals surface area contributed by atoms with Crippen molar-refractivity contribution in [3.8, 4) is 22.8 Å². The van der Waals surface area contributed by atoms with Crippen LogP contribution in [0.5, 0.6) is 11.5 Å². The van der Waals surface area contributed by atoms with Crippen molar-refractivity contribution in [3.05, 3.63) is 64.5 Å². The SMILES string of the molecule is COc1ccc(CCC(=O)NCc2nc(-c3ccc(O)cc3)cs2)cc1. The van der Waals surface area contributed by atoms with Crippen molar-refractivity contribution in [3.63, 3.8) is 0 Å². The number of thiazole rings is 1. The van der Waals surface area contributed by atoms with Gasteiger partial charge in [-0.2, -0.15) is 0 Å². The Kier molecular flexibility index (Phi) is 5.86. The predicted octanol–water partition coefficient (Wildman–Crippen LogP) is 3.77. The van der Waals surface area contributed by atoms with Crippen LogP contribution in [0.3, 0.4) is 0 Å². The largest absolute Gasteiger partial charge is 0.508 e. The molecule has 1 amide bonds. The molecule has 1 heterocycles. The number of phenolic OH excluding ortho intramolecular Hbond substituents is 1. The van der Waals surface area contributed by atoms with Crippen molar-refractivity contribution in [2.24, 2.45) is 0 Å². The van der Waals surface area contributed by atoms with E-state index in [9.17, 15) is 9.90 Å². The number of aromatic hydroxyl groups is 1. The summed E-state index contributed by atoms with van der Waals surface area (Å²) >= 11 is 1.51. The lowest BCUT2D eigenvalue weighted by Gasteiger charge is -2.05. The molecular weight excluding hydrogens is 348 g/mol. The second-order valence-electron chi connectivity index (χ2n) is 5.80. The highest BCUT2D eigenvalue weighted by Crippen LogP contribution is 2.23. The maximum absolute atomic E-state index is 12.0. The van der Waals surface area contributed by atoms with E-state index in [0.29, 0.717) is 19.4 Å². The van der Waals surface area contributed by atoms with Crippen molar-refractivity contribution >= 4 is 17.2 Å². The van der Waals surface area contributed by atoms with Gasteiger partial charge in [-0.05, 0) is 48.4 Å². The van der Waals surface area contributed by atoms with E-state index >= 15 is 0 Å². The average molecular weight is 368 g/mol. The molecular formula is C20H20N2O3S. The quantitative estimate of drug-likeness (QED) is 0.666. The fourth-order valence-corrected chi connectivity index (χ4v) is 3.21. The third-order valence-corrected chi connectivity index (χ3v) is 4.80. The first-order valence-electron chi connectivity index (χ1n) is 8.27. The molecule has 1 aromatic heterocycles. The Labute approximate surface area is 156 Å². The average Bonchev–Trinajstić information content (AvgIpc) is 3.14. The van der Waals surface area contributed by atoms with Gasteiger partial charge in [-0.25, -0.2) is 4.98 Å². The van der Waals surface area contributed by atoms with E-state index in [0.717, 1.165) is 27.6 Å². The highest BCUT2D eigenvalue weighted by atomic mass is 32.1. The number of amides is 1. The van der Waals surface area contributed by atoms with E-state index in [1.807, 2.05) is 41.8 Å². The summed E-state index contributed by atoms with van der Waals surface area (Å²) in [6.07, 6.45) is 1.12. The van der Waals surface area contributed by atoms with E-state index in [1.54, 1.807) is 19.2 Å². The minimum absolute atomic E-state index is 0.00204. The lowest BCUT2D eigenvalue weighted by Crippen LogP contribution is -2.22. The minimum atomic E-state index is 0.00204. The van der Waals surface area contributed by atoms with Crippen LogP contribution in [-0.2, 0) is 17.8 Å². The first-order chi connectivity index (χ1) is 12.6. The van der Waals surface area contributed by atoms with Gasteiger partial charge in [0.1, 0.15) is 16.5 Å². The van der Waals surface area contributed by atoms with Crippen LogP contribution in [0, 0.1) is 0 Å². The summed E-state index contributed by atoms with van der Waals surface area (Å²) in [5, 5.41) is 15.1. The number of ether oxygens (including phenoxy) is 1. The molecule has 3 rings (SSSR count). The fourth-order valence-electron chi connectivity index (χ4n) is 2.47. The number of carbonyl (C=O) groups excluding carboxylic acids is 1. The Morgan fingerprint density at radius 3 is 2.58 bits per heavy atom. The molecule has 3 aromatic rings. The zero-order valence-electron chi connectivity index (χ0n) is 14.4. The number of hydrogen-bond acceptors (Lipinski definition) is 5. The minimum Gasteiger partial charge on any atom is -0.508 e. The molecule has 26 heavy (non-hydrogen) atoms. The zero-order valence-corrected chi connectivity index (χ0v) is 15.3. The highest BCUT2D eigenvalue weighted by Gasteiger charge is 2.07. The third-order valence-electron chi connectivity index (χ3n) is 3.95. The number of nitrogens with zero attached hydrogens (tertiary/aromatic N) is 1. The van der Waals surface area contributed by atoms with Crippen LogP contribution < -0.4 is 10.1 Å². The molecule has 0 atom stereocenters. The molecule has 0 fully saturated rings. The standard InChI is InChI=1S/C20H20N2O3S/c1-25-17-9-2-14(3-10-17)4-11-19(24)21-12-20-22-18(13-26-20)15-5-7-16(23)8-6-15/h2-3,5-10,13,23H,4,11-12H2,1H3,(H,21,24). The van der Waals surface area contributed by atoms with Gasteiger partial charge in [0.25, 0.3) is 0 Å². The monoisotopic (exact) mass is 368 g/mol. The molecule has 2 N–H and O–H groups in total. The molecule has 6 heteroatoms. The summed E-state index contributed by atoms with van der Waals surface area (Å²) in [5.41, 5.74) is 2.89. The van der Waals surface area contributed by atoms with Gasteiger partial charge in [0.15, 0.2) is 0 Å². The van der Waals surface area contributed by atoms with Crippen LogP contribution in [0.4, 0.5) is 0 Å². The summed E-state index contributed by atoms with van der Waals surface area (Å²) in [5.74, 6) is 1.04. The number of benzene rings is 2. The number of methoxy groups -OCH3 is 1. The van der Waals surface area contributed by atoms with Crippen LogP contribution in [0.25, 0.3) is 11.3 Å². The van der Waals surface area contributed by atoms with Crippen LogP contribution in [0.2, 0.25) is 0 Å². The second kappa shape index (κ2) is 8.49. The van der Waals surface area contributed by atoms with Gasteiger partial charge >= 0.3 is 0 Å². The number of rotatable bonds is 7. The zero-order chi connectivity index (χ0) is 18.4. The molecule has 0 radical (unpaired) electrons. The number of phenols is 1. The van der Waals surface area contributed by atoms with Gasteiger partial charge in [-0.3, -0.25) is 4.79 Å². The van der Waals surface area contributed by atoms with Gasteiger partial charge in [0.2, 0.25) is 5.91 Å². The lowest BCUT2D eigenvalue weighted by atomic mass is 10.1. The van der Waals surface area contributed by atoms with Gasteiger partial charge in [-0.1, -0.05) is 12.1 Å². The van der Waals surface area contributed by atoms with Crippen LogP contribution in [-0.4, -0.2) is 23.1 Å². The van der Waals surface area contributed by atoms with E-state index in [1.165, 1.54) is 11.3 Å². The summed E-state index contributed by atoms with van der Waals surface area (Å²) < 4.78 is 5.12. The first kappa shape index (κ1) is 17.9. The van der Waals surface area contributed by atoms with Crippen molar-refractivity contribution in [2.45, 2.75) is 19.4 Å². The summed E-state index contributed by atoms with van der Waals surface area (Å²) in [7, 11) is 1.63. The summed E-state index contributed by atoms with van der Waals surface area (Å²) in [6, 6.07) is 14.6. The van der Waals surface area contributed by atoms with Gasteiger partial charge < -0.3 is 15.2 Å². The number of hydrogen-bond donors (Lipinski definition) is 2. The third kappa shape index (κ3) is 4.83. The molecule has 0 bridgehead atoms. The molecule has 0 aliphatic rings. The van der Waals surface area contributed by atoms with E-state index in [2.05, 4.69) is 10.3 Å². The molecule has 0 aliphatic carbocycles. The maximum atomic E-state index is 12.0. The Morgan fingerprint density at radius 1 is 1.15 bits per heavy atom. The van der Waals surface area contributed by atoms with E-state index in [-0.39, 0.29) is 11.7 Å². The van der Waals surface area contributed by atoms with Crippen LogP contribution in [0.15, 0.2) is 53.9 Å². The fraction of sp³-hybridized carbons (Fsp3) is 0.200. The Balaban J connectivity index is 1.47. The Morgan fingerprint density at radius 2 is 1.88 bits per heavy atom. The normalized spacial score (nSPS) is 10.5. The topological polar surface area (TPSA) is 71.5 Å². The van der Waals surface area contributed by atoms with E-state index in [4.69, 9.17) is 4.74 Å². The number of carbonyl (C=O) groups is 1. The summed E-state index contributed by atoms with van der Waals surface area (Å²) in [6.45, 7) is 0.421. The van der Waals surface area contributed by atoms with Gasteiger partial charge in [0.05, 0.1) is 19.3 Å². The highest BCUT2D eigenvalue weighted by molar-refractivity contribution is 7.09.